The van der Waals surface area contributed by atoms with Crippen molar-refractivity contribution in [3.8, 4) is 0 Å². The molecule has 2 aliphatic rings. The zero-order valence-electron chi connectivity index (χ0n) is 12.2. The summed E-state index contributed by atoms with van der Waals surface area (Å²) in [7, 11) is 0. The van der Waals surface area contributed by atoms with Gasteiger partial charge >= 0.3 is 5.97 Å². The molecule has 0 spiro atoms. The summed E-state index contributed by atoms with van der Waals surface area (Å²) in [5.74, 6) is -0.314. The zero-order chi connectivity index (χ0) is 14.7. The third-order valence-electron chi connectivity index (χ3n) is 4.44. The predicted octanol–water partition coefficient (Wildman–Crippen LogP) is 2.70. The molecular formula is C17H21NO3. The molecule has 1 aromatic carbocycles. The van der Waals surface area contributed by atoms with Gasteiger partial charge in [0.05, 0.1) is 5.92 Å². The van der Waals surface area contributed by atoms with Gasteiger partial charge in [0.1, 0.15) is 0 Å². The second-order valence-electron chi connectivity index (χ2n) is 5.87. The molecule has 0 atom stereocenters. The summed E-state index contributed by atoms with van der Waals surface area (Å²) in [6.07, 6.45) is 5.95. The van der Waals surface area contributed by atoms with Gasteiger partial charge in [-0.15, -0.1) is 0 Å². The number of amides is 1. The van der Waals surface area contributed by atoms with E-state index in [4.69, 9.17) is 4.74 Å². The normalized spacial score (nSPS) is 18.4. The number of carbonyl (C=O) groups is 2. The highest BCUT2D eigenvalue weighted by Crippen LogP contribution is 2.28. The number of para-hydroxylation sites is 1. The standard InChI is InChI=1S/C17H21NO3/c19-16(12-21-17(20)14-7-1-2-8-14)18-11-5-9-13-6-3-4-10-15(13)18/h3-4,6,10,14H,1-2,5,7-9,11-12H2. The Morgan fingerprint density at radius 3 is 2.71 bits per heavy atom. The molecule has 4 nitrogen and oxygen atoms in total. The highest BCUT2D eigenvalue weighted by atomic mass is 16.5. The Kier molecular flexibility index (Phi) is 4.23. The third kappa shape index (κ3) is 3.09. The molecule has 0 radical (unpaired) electrons. The number of nitrogens with zero attached hydrogens (tertiary/aromatic N) is 1. The SMILES string of the molecule is O=C(OCC(=O)N1CCCc2ccccc21)C1CCCC1. The fourth-order valence-electron chi connectivity index (χ4n) is 3.28. The van der Waals surface area contributed by atoms with Crippen LogP contribution in [0.4, 0.5) is 5.69 Å². The lowest BCUT2D eigenvalue weighted by molar-refractivity contribution is -0.151. The Labute approximate surface area is 125 Å². The zero-order valence-corrected chi connectivity index (χ0v) is 12.2. The second kappa shape index (κ2) is 6.29. The summed E-state index contributed by atoms with van der Waals surface area (Å²) in [5, 5.41) is 0. The molecule has 1 fully saturated rings. The van der Waals surface area contributed by atoms with Gasteiger partial charge in [0.25, 0.3) is 5.91 Å². The fourth-order valence-corrected chi connectivity index (χ4v) is 3.28. The van der Waals surface area contributed by atoms with Crippen molar-refractivity contribution >= 4 is 17.6 Å². The van der Waals surface area contributed by atoms with Gasteiger partial charge < -0.3 is 9.64 Å². The molecule has 1 aromatic rings. The Bertz CT molecular complexity index is 535. The lowest BCUT2D eigenvalue weighted by atomic mass is 10.0. The van der Waals surface area contributed by atoms with E-state index in [1.54, 1.807) is 4.90 Å². The summed E-state index contributed by atoms with van der Waals surface area (Å²) < 4.78 is 5.23. The van der Waals surface area contributed by atoms with E-state index in [1.165, 1.54) is 5.56 Å². The van der Waals surface area contributed by atoms with E-state index in [0.717, 1.165) is 44.2 Å². The van der Waals surface area contributed by atoms with Crippen LogP contribution >= 0.6 is 0 Å². The minimum atomic E-state index is -0.203. The van der Waals surface area contributed by atoms with E-state index in [1.807, 2.05) is 18.2 Å². The lowest BCUT2D eigenvalue weighted by Crippen LogP contribution is -2.38. The van der Waals surface area contributed by atoms with Gasteiger partial charge in [0.2, 0.25) is 0 Å². The van der Waals surface area contributed by atoms with Crippen LogP contribution in [0, 0.1) is 5.92 Å². The van der Waals surface area contributed by atoms with Gasteiger partial charge in [0.15, 0.2) is 6.61 Å². The lowest BCUT2D eigenvalue weighted by Gasteiger charge is -2.29. The third-order valence-corrected chi connectivity index (χ3v) is 4.44. The highest BCUT2D eigenvalue weighted by molar-refractivity contribution is 5.96. The molecule has 3 rings (SSSR count). The summed E-state index contributed by atoms with van der Waals surface area (Å²) >= 11 is 0. The van der Waals surface area contributed by atoms with E-state index < -0.39 is 0 Å². The minimum absolute atomic E-state index is 0.00596. The average Bonchev–Trinajstić information content (AvgIpc) is 3.06. The van der Waals surface area contributed by atoms with Crippen molar-refractivity contribution in [1.82, 2.24) is 0 Å². The number of benzene rings is 1. The number of esters is 1. The number of aryl methyl sites for hydroxylation is 1. The maximum atomic E-state index is 12.3. The van der Waals surface area contributed by atoms with Crippen molar-refractivity contribution in [3.63, 3.8) is 0 Å². The number of anilines is 1. The topological polar surface area (TPSA) is 46.6 Å². The molecule has 4 heteroatoms. The number of carbonyl (C=O) groups excluding carboxylic acids is 2. The molecular weight excluding hydrogens is 266 g/mol. The second-order valence-corrected chi connectivity index (χ2v) is 5.87. The van der Waals surface area contributed by atoms with Crippen LogP contribution in [0.15, 0.2) is 24.3 Å². The first-order valence-corrected chi connectivity index (χ1v) is 7.80. The number of ether oxygens (including phenoxy) is 1. The van der Waals surface area contributed by atoms with Crippen molar-refractivity contribution in [2.75, 3.05) is 18.1 Å². The van der Waals surface area contributed by atoms with Crippen LogP contribution < -0.4 is 4.90 Å². The number of hydrogen-bond acceptors (Lipinski definition) is 3. The van der Waals surface area contributed by atoms with Gasteiger partial charge in [-0.05, 0) is 37.3 Å². The van der Waals surface area contributed by atoms with Crippen LogP contribution in [0.25, 0.3) is 0 Å². The van der Waals surface area contributed by atoms with Crippen molar-refractivity contribution < 1.29 is 14.3 Å². The average molecular weight is 287 g/mol. The van der Waals surface area contributed by atoms with Crippen LogP contribution in [-0.2, 0) is 20.7 Å². The molecule has 0 saturated heterocycles. The monoisotopic (exact) mass is 287 g/mol. The first kappa shape index (κ1) is 14.1. The number of rotatable bonds is 3. The van der Waals surface area contributed by atoms with Crippen molar-refractivity contribution in [1.29, 1.82) is 0 Å². The van der Waals surface area contributed by atoms with Gasteiger partial charge in [-0.3, -0.25) is 9.59 Å². The molecule has 1 aliphatic heterocycles. The molecule has 21 heavy (non-hydrogen) atoms. The van der Waals surface area contributed by atoms with E-state index in [0.29, 0.717) is 6.54 Å². The van der Waals surface area contributed by atoms with Gasteiger partial charge in [-0.2, -0.15) is 0 Å². The first-order valence-electron chi connectivity index (χ1n) is 7.80. The molecule has 1 heterocycles. The van der Waals surface area contributed by atoms with Gasteiger partial charge in [0, 0.05) is 12.2 Å². The smallest absolute Gasteiger partial charge is 0.309 e. The Morgan fingerprint density at radius 2 is 1.90 bits per heavy atom. The quantitative estimate of drug-likeness (QED) is 0.803. The number of hydrogen-bond donors (Lipinski definition) is 0. The molecule has 1 amide bonds. The van der Waals surface area contributed by atoms with Crippen molar-refractivity contribution in [2.45, 2.75) is 38.5 Å². The van der Waals surface area contributed by atoms with Crippen molar-refractivity contribution in [2.24, 2.45) is 5.92 Å². The molecule has 1 saturated carbocycles. The maximum Gasteiger partial charge on any atom is 0.309 e. The Hall–Kier alpha value is -1.84. The minimum Gasteiger partial charge on any atom is -0.455 e. The van der Waals surface area contributed by atoms with E-state index in [-0.39, 0.29) is 24.4 Å². The summed E-state index contributed by atoms with van der Waals surface area (Å²) in [5.41, 5.74) is 2.16. The maximum absolute atomic E-state index is 12.3. The molecule has 0 aromatic heterocycles. The van der Waals surface area contributed by atoms with Gasteiger partial charge in [-0.1, -0.05) is 31.0 Å². The van der Waals surface area contributed by atoms with Crippen LogP contribution in [0.1, 0.15) is 37.7 Å². The summed E-state index contributed by atoms with van der Waals surface area (Å²) in [4.78, 5) is 26.0. The largest absolute Gasteiger partial charge is 0.455 e. The van der Waals surface area contributed by atoms with Crippen LogP contribution in [0.2, 0.25) is 0 Å². The van der Waals surface area contributed by atoms with E-state index in [9.17, 15) is 9.59 Å². The van der Waals surface area contributed by atoms with E-state index in [2.05, 4.69) is 6.07 Å². The first-order chi connectivity index (χ1) is 10.3. The fraction of sp³-hybridized carbons (Fsp3) is 0.529. The number of fused-ring (bicyclic) bond motifs is 1. The van der Waals surface area contributed by atoms with Crippen molar-refractivity contribution in [3.05, 3.63) is 29.8 Å². The highest BCUT2D eigenvalue weighted by Gasteiger charge is 2.27. The summed E-state index contributed by atoms with van der Waals surface area (Å²) in [6.45, 7) is 0.570. The van der Waals surface area contributed by atoms with Gasteiger partial charge in [-0.25, -0.2) is 0 Å². The van der Waals surface area contributed by atoms with Crippen LogP contribution in [0.3, 0.4) is 0 Å². The predicted molar refractivity (Wildman–Crippen MR) is 80.0 cm³/mol. The molecule has 1 aliphatic carbocycles. The van der Waals surface area contributed by atoms with Crippen LogP contribution in [-0.4, -0.2) is 25.0 Å². The van der Waals surface area contributed by atoms with Crippen LogP contribution in [0.5, 0.6) is 0 Å². The molecule has 0 unspecified atom stereocenters. The van der Waals surface area contributed by atoms with E-state index >= 15 is 0 Å². The Balaban J connectivity index is 1.60. The molecule has 112 valence electrons. The molecule has 0 N–H and O–H groups in total. The Morgan fingerprint density at radius 1 is 1.14 bits per heavy atom. The molecule has 0 bridgehead atoms. The summed E-state index contributed by atoms with van der Waals surface area (Å²) in [6, 6.07) is 7.95.